The average molecular weight is 462 g/mol. The standard InChI is InChI=1S/C30H24NO2P/c1-20-14-15-23-10-4-7-13-26(23)31(20)34-32-27-18-16-21-8-2-5-11-24(21)29(27)30-25-12-6-3-9-22(25)17-19-28(30)33-34/h2-13,16-20H,14-15H2,1H3. The maximum atomic E-state index is 6.83. The van der Waals surface area contributed by atoms with Crippen LogP contribution in [0.2, 0.25) is 0 Å². The lowest BCUT2D eigenvalue weighted by molar-refractivity contribution is 0.585. The number of nitrogens with zero attached hydrogens (tertiary/aromatic N) is 1. The second kappa shape index (κ2) is 7.68. The SMILES string of the molecule is CC1CCc2ccccc2N1p1oc2ccc3ccccc3c2c2c(ccc3ccccc32)o1. The number of para-hydroxylation sites is 1. The zero-order valence-electron chi connectivity index (χ0n) is 18.9. The van der Waals surface area contributed by atoms with Gasteiger partial charge in [0.15, 0.2) is 0 Å². The normalized spacial score (nSPS) is 15.8. The van der Waals surface area contributed by atoms with Gasteiger partial charge in [-0.3, -0.25) is 4.67 Å². The van der Waals surface area contributed by atoms with E-state index in [1.807, 2.05) is 0 Å². The lowest BCUT2D eigenvalue weighted by atomic mass is 9.99. The molecule has 0 aliphatic carbocycles. The highest BCUT2D eigenvalue weighted by Crippen LogP contribution is 2.47. The summed E-state index contributed by atoms with van der Waals surface area (Å²) in [7, 11) is -1.39. The molecule has 0 spiro atoms. The van der Waals surface area contributed by atoms with E-state index >= 15 is 0 Å². The smallest absolute Gasteiger partial charge is 0.341 e. The van der Waals surface area contributed by atoms with Gasteiger partial charge in [0.05, 0.1) is 5.69 Å². The number of benzene rings is 5. The molecule has 1 unspecified atom stereocenters. The molecule has 0 amide bonds. The zero-order chi connectivity index (χ0) is 22.6. The molecular weight excluding hydrogens is 437 g/mol. The van der Waals surface area contributed by atoms with E-state index in [4.69, 9.17) is 8.39 Å². The van der Waals surface area contributed by atoms with E-state index in [-0.39, 0.29) is 0 Å². The third-order valence-electron chi connectivity index (χ3n) is 7.05. The average Bonchev–Trinajstić information content (AvgIpc) is 3.05. The van der Waals surface area contributed by atoms with E-state index in [1.54, 1.807) is 0 Å². The molecule has 3 nitrogen and oxygen atoms in total. The van der Waals surface area contributed by atoms with E-state index in [2.05, 4.69) is 109 Å². The molecule has 4 heteroatoms. The van der Waals surface area contributed by atoms with Gasteiger partial charge in [0.2, 0.25) is 0 Å². The van der Waals surface area contributed by atoms with Crippen molar-refractivity contribution < 1.29 is 8.39 Å². The van der Waals surface area contributed by atoms with Crippen LogP contribution in [-0.2, 0) is 6.42 Å². The van der Waals surface area contributed by atoms with Crippen LogP contribution in [0.3, 0.4) is 0 Å². The summed E-state index contributed by atoms with van der Waals surface area (Å²) >= 11 is 0. The minimum Gasteiger partial charge on any atom is -0.404 e. The molecule has 0 N–H and O–H groups in total. The number of fused-ring (bicyclic) bond motifs is 8. The van der Waals surface area contributed by atoms with Crippen LogP contribution in [0.15, 0.2) is 105 Å². The lowest BCUT2D eigenvalue weighted by Gasteiger charge is -2.33. The second-order valence-corrected chi connectivity index (χ2v) is 10.4. The molecule has 34 heavy (non-hydrogen) atoms. The van der Waals surface area contributed by atoms with Gasteiger partial charge in [0.1, 0.15) is 11.2 Å². The third-order valence-corrected chi connectivity index (χ3v) is 8.72. The number of hydrogen-bond donors (Lipinski definition) is 0. The lowest BCUT2D eigenvalue weighted by Crippen LogP contribution is -2.30. The Morgan fingerprint density at radius 1 is 0.676 bits per heavy atom. The van der Waals surface area contributed by atoms with Crippen molar-refractivity contribution in [3.05, 3.63) is 103 Å². The summed E-state index contributed by atoms with van der Waals surface area (Å²) in [6.07, 6.45) is 2.16. The molecule has 0 radical (unpaired) electrons. The van der Waals surface area contributed by atoms with Gasteiger partial charge in [-0.05, 0) is 65.1 Å². The van der Waals surface area contributed by atoms with Crippen LogP contribution < -0.4 is 4.67 Å². The summed E-state index contributed by atoms with van der Waals surface area (Å²) in [5.41, 5.74) is 4.35. The molecule has 1 atom stereocenters. The predicted octanol–water partition coefficient (Wildman–Crippen LogP) is 9.20. The highest BCUT2D eigenvalue weighted by atomic mass is 31.1. The van der Waals surface area contributed by atoms with Gasteiger partial charge >= 0.3 is 8.16 Å². The van der Waals surface area contributed by atoms with Crippen LogP contribution in [0.4, 0.5) is 5.69 Å². The van der Waals surface area contributed by atoms with Gasteiger partial charge in [0, 0.05) is 16.8 Å². The van der Waals surface area contributed by atoms with Crippen molar-refractivity contribution in [3.8, 4) is 0 Å². The molecule has 1 aliphatic heterocycles. The summed E-state index contributed by atoms with van der Waals surface area (Å²) in [6, 6.07) is 34.6. The summed E-state index contributed by atoms with van der Waals surface area (Å²) in [5, 5.41) is 7.01. The van der Waals surface area contributed by atoms with Gasteiger partial charge < -0.3 is 8.39 Å². The molecular formula is C30H24NO2P. The molecule has 6 aromatic rings. The fourth-order valence-electron chi connectivity index (χ4n) is 5.36. The van der Waals surface area contributed by atoms with Crippen LogP contribution in [0.5, 0.6) is 0 Å². The Hall–Kier alpha value is -3.68. The Labute approximate surface area is 198 Å². The van der Waals surface area contributed by atoms with Crippen molar-refractivity contribution in [1.29, 1.82) is 0 Å². The monoisotopic (exact) mass is 461 g/mol. The summed E-state index contributed by atoms with van der Waals surface area (Å²) < 4.78 is 16.0. The van der Waals surface area contributed by atoms with Crippen molar-refractivity contribution in [2.75, 3.05) is 4.67 Å². The minimum absolute atomic E-state index is 0.326. The number of rotatable bonds is 1. The number of anilines is 1. The third kappa shape index (κ3) is 2.97. The predicted molar refractivity (Wildman–Crippen MR) is 143 cm³/mol. The molecule has 0 fully saturated rings. The van der Waals surface area contributed by atoms with Crippen LogP contribution in [0.1, 0.15) is 18.9 Å². The van der Waals surface area contributed by atoms with E-state index in [1.165, 1.54) is 32.8 Å². The minimum atomic E-state index is -1.39. The molecule has 2 heterocycles. The highest BCUT2D eigenvalue weighted by Gasteiger charge is 2.28. The van der Waals surface area contributed by atoms with Gasteiger partial charge in [-0.2, -0.15) is 0 Å². The molecule has 7 rings (SSSR count). The van der Waals surface area contributed by atoms with Gasteiger partial charge in [-0.1, -0.05) is 78.9 Å². The fourth-order valence-corrected chi connectivity index (χ4v) is 7.03. The molecule has 1 aromatic heterocycles. The van der Waals surface area contributed by atoms with Crippen LogP contribution in [0, 0.1) is 0 Å². The summed E-state index contributed by atoms with van der Waals surface area (Å²) in [4.78, 5) is 0. The first-order chi connectivity index (χ1) is 16.8. The second-order valence-electron chi connectivity index (χ2n) is 9.10. The molecule has 5 aromatic carbocycles. The Kier molecular flexibility index (Phi) is 4.47. The molecule has 1 aliphatic rings. The first kappa shape index (κ1) is 19.8. The van der Waals surface area contributed by atoms with Crippen molar-refractivity contribution in [2.45, 2.75) is 25.8 Å². The van der Waals surface area contributed by atoms with Gasteiger partial charge in [-0.25, -0.2) is 0 Å². The van der Waals surface area contributed by atoms with Crippen LogP contribution in [-0.4, -0.2) is 6.04 Å². The summed E-state index contributed by atoms with van der Waals surface area (Å²) in [6.45, 7) is 2.28. The Morgan fingerprint density at radius 3 is 1.88 bits per heavy atom. The topological polar surface area (TPSA) is 29.5 Å². The highest BCUT2D eigenvalue weighted by molar-refractivity contribution is 7.39. The first-order valence-electron chi connectivity index (χ1n) is 11.8. The van der Waals surface area contributed by atoms with Crippen molar-refractivity contribution in [2.24, 2.45) is 0 Å². The van der Waals surface area contributed by atoms with Crippen molar-refractivity contribution >= 4 is 57.3 Å². The number of hydrogen-bond acceptors (Lipinski definition) is 3. The molecule has 0 bridgehead atoms. The summed E-state index contributed by atoms with van der Waals surface area (Å²) in [5.74, 6) is 0. The largest absolute Gasteiger partial charge is 0.404 e. The van der Waals surface area contributed by atoms with Crippen molar-refractivity contribution in [1.82, 2.24) is 0 Å². The van der Waals surface area contributed by atoms with E-state index in [0.717, 1.165) is 34.8 Å². The number of aryl methyl sites for hydroxylation is 1. The maximum Gasteiger partial charge on any atom is 0.341 e. The van der Waals surface area contributed by atoms with E-state index < -0.39 is 8.16 Å². The van der Waals surface area contributed by atoms with E-state index in [9.17, 15) is 0 Å². The first-order valence-corrected chi connectivity index (χ1v) is 13.0. The van der Waals surface area contributed by atoms with Crippen LogP contribution in [0.25, 0.3) is 43.5 Å². The Morgan fingerprint density at radius 2 is 1.24 bits per heavy atom. The molecule has 166 valence electrons. The Balaban J connectivity index is 1.67. The van der Waals surface area contributed by atoms with Gasteiger partial charge in [-0.15, -0.1) is 0 Å². The van der Waals surface area contributed by atoms with E-state index in [0.29, 0.717) is 6.04 Å². The quantitative estimate of drug-likeness (QED) is 0.244. The van der Waals surface area contributed by atoms with Crippen LogP contribution >= 0.6 is 8.16 Å². The van der Waals surface area contributed by atoms with Gasteiger partial charge in [0.25, 0.3) is 0 Å². The molecule has 0 saturated heterocycles. The zero-order valence-corrected chi connectivity index (χ0v) is 19.8. The fraction of sp³-hybridized carbons (Fsp3) is 0.133. The molecule has 0 saturated carbocycles. The Bertz CT molecular complexity index is 1660. The van der Waals surface area contributed by atoms with Crippen molar-refractivity contribution in [3.63, 3.8) is 0 Å². The maximum absolute atomic E-state index is 6.83.